The maximum atomic E-state index is 14.7. The molecular weight excluding hydrogens is 313 g/mol. The second-order valence-electron chi connectivity index (χ2n) is 6.48. The lowest BCUT2D eigenvalue weighted by Gasteiger charge is -2.28. The van der Waals surface area contributed by atoms with Gasteiger partial charge in [-0.15, -0.1) is 0 Å². The minimum atomic E-state index is -0.487. The summed E-state index contributed by atoms with van der Waals surface area (Å²) in [7, 11) is 0. The second-order valence-corrected chi connectivity index (χ2v) is 6.48. The molecule has 2 saturated heterocycles. The van der Waals surface area contributed by atoms with Crippen LogP contribution in [0.1, 0.15) is 30.7 Å². The molecule has 7 heteroatoms. The second kappa shape index (κ2) is 6.86. The van der Waals surface area contributed by atoms with Gasteiger partial charge in [0.05, 0.1) is 6.42 Å². The van der Waals surface area contributed by atoms with E-state index in [1.54, 1.807) is 12.1 Å². The molecule has 3 N–H and O–H groups in total. The summed E-state index contributed by atoms with van der Waals surface area (Å²) in [5.41, 5.74) is 6.44. The van der Waals surface area contributed by atoms with E-state index in [9.17, 15) is 14.0 Å². The number of piperidine rings is 1. The highest BCUT2D eigenvalue weighted by molar-refractivity contribution is 5.85. The highest BCUT2D eigenvalue weighted by Crippen LogP contribution is 2.34. The topological polar surface area (TPSA) is 81.4 Å². The van der Waals surface area contributed by atoms with Gasteiger partial charge in [0.15, 0.2) is 0 Å². The predicted octanol–water partition coefficient (Wildman–Crippen LogP) is 1.63. The van der Waals surface area contributed by atoms with Gasteiger partial charge in [0.25, 0.3) is 0 Å². The van der Waals surface area contributed by atoms with Crippen molar-refractivity contribution >= 4 is 17.7 Å². The SMILES string of the molecule is NC(=O)CC[N+]1(c2ccc(C3CCNCC3)c(F)c2)CCOC1=O. The van der Waals surface area contributed by atoms with E-state index in [0.717, 1.165) is 25.9 Å². The van der Waals surface area contributed by atoms with Gasteiger partial charge in [-0.3, -0.25) is 4.79 Å². The Morgan fingerprint density at radius 2 is 2.12 bits per heavy atom. The lowest BCUT2D eigenvalue weighted by molar-refractivity contribution is -0.118. The third-order valence-corrected chi connectivity index (χ3v) is 5.05. The molecule has 0 spiro atoms. The van der Waals surface area contributed by atoms with Crippen LogP contribution in [0.25, 0.3) is 0 Å². The van der Waals surface area contributed by atoms with Gasteiger partial charge in [-0.05, 0) is 43.5 Å². The summed E-state index contributed by atoms with van der Waals surface area (Å²) in [6.07, 6.45) is 1.40. The first-order valence-corrected chi connectivity index (χ1v) is 8.36. The molecule has 0 aromatic heterocycles. The first-order valence-electron chi connectivity index (χ1n) is 8.36. The lowest BCUT2D eigenvalue weighted by Crippen LogP contribution is -2.51. The first-order chi connectivity index (χ1) is 11.5. The van der Waals surface area contributed by atoms with E-state index in [2.05, 4.69) is 5.32 Å². The van der Waals surface area contributed by atoms with Crippen LogP contribution in [0.2, 0.25) is 0 Å². The molecule has 3 rings (SSSR count). The van der Waals surface area contributed by atoms with Crippen LogP contribution < -0.4 is 15.5 Å². The Morgan fingerprint density at radius 3 is 2.71 bits per heavy atom. The molecule has 130 valence electrons. The van der Waals surface area contributed by atoms with Crippen molar-refractivity contribution in [3.05, 3.63) is 29.6 Å². The fourth-order valence-corrected chi connectivity index (χ4v) is 3.62. The first kappa shape index (κ1) is 16.9. The van der Waals surface area contributed by atoms with E-state index in [-0.39, 0.29) is 35.8 Å². The number of cyclic esters (lactones) is 1. The molecule has 2 heterocycles. The van der Waals surface area contributed by atoms with Gasteiger partial charge >= 0.3 is 6.09 Å². The number of hydrogen-bond acceptors (Lipinski definition) is 4. The molecule has 0 aliphatic carbocycles. The Kier molecular flexibility index (Phi) is 4.82. The number of halogens is 1. The molecule has 2 amide bonds. The van der Waals surface area contributed by atoms with E-state index in [1.165, 1.54) is 6.07 Å². The highest BCUT2D eigenvalue weighted by Gasteiger charge is 2.46. The van der Waals surface area contributed by atoms with Crippen LogP contribution in [0.3, 0.4) is 0 Å². The Bertz CT molecular complexity index is 646. The molecule has 1 aromatic carbocycles. The van der Waals surface area contributed by atoms with Crippen molar-refractivity contribution in [3.63, 3.8) is 0 Å². The zero-order valence-corrected chi connectivity index (χ0v) is 13.6. The van der Waals surface area contributed by atoms with Gasteiger partial charge in [0, 0.05) is 12.1 Å². The number of benzene rings is 1. The third-order valence-electron chi connectivity index (χ3n) is 5.05. The summed E-state index contributed by atoms with van der Waals surface area (Å²) in [5.74, 6) is -0.584. The summed E-state index contributed by atoms with van der Waals surface area (Å²) in [5, 5.41) is 3.27. The summed E-state index contributed by atoms with van der Waals surface area (Å²) in [6, 6.07) is 4.98. The van der Waals surface area contributed by atoms with Gasteiger partial charge in [0.1, 0.15) is 31.2 Å². The van der Waals surface area contributed by atoms with Crippen LogP contribution in [0.4, 0.5) is 14.9 Å². The average molecular weight is 336 g/mol. The fourth-order valence-electron chi connectivity index (χ4n) is 3.62. The van der Waals surface area contributed by atoms with Gasteiger partial charge in [-0.25, -0.2) is 4.39 Å². The Morgan fingerprint density at radius 1 is 1.38 bits per heavy atom. The molecule has 2 aliphatic heterocycles. The molecule has 0 radical (unpaired) electrons. The molecule has 1 aromatic rings. The molecule has 0 bridgehead atoms. The minimum absolute atomic E-state index is 0.0484. The van der Waals surface area contributed by atoms with Crippen molar-refractivity contribution in [2.24, 2.45) is 5.73 Å². The highest BCUT2D eigenvalue weighted by atomic mass is 19.1. The van der Waals surface area contributed by atoms with Gasteiger partial charge in [-0.2, -0.15) is 9.28 Å². The van der Waals surface area contributed by atoms with E-state index in [4.69, 9.17) is 10.5 Å². The maximum Gasteiger partial charge on any atom is 0.521 e. The van der Waals surface area contributed by atoms with Crippen LogP contribution in [-0.4, -0.2) is 44.8 Å². The number of nitrogens with zero attached hydrogens (tertiary/aromatic N) is 1. The summed E-state index contributed by atoms with van der Waals surface area (Å²) < 4.78 is 19.6. The van der Waals surface area contributed by atoms with Crippen LogP contribution in [0.15, 0.2) is 18.2 Å². The molecular formula is C17H23FN3O3+. The summed E-state index contributed by atoms with van der Waals surface area (Å²) >= 11 is 0. The number of hydrogen-bond donors (Lipinski definition) is 2. The van der Waals surface area contributed by atoms with E-state index in [0.29, 0.717) is 17.8 Å². The normalized spacial score (nSPS) is 24.8. The van der Waals surface area contributed by atoms with Crippen molar-refractivity contribution in [2.45, 2.75) is 25.2 Å². The number of primary amides is 1. The molecule has 6 nitrogen and oxygen atoms in total. The minimum Gasteiger partial charge on any atom is -0.414 e. The average Bonchev–Trinajstić information content (AvgIpc) is 2.95. The Labute approximate surface area is 140 Å². The third kappa shape index (κ3) is 3.14. The molecule has 1 atom stereocenters. The summed E-state index contributed by atoms with van der Waals surface area (Å²) in [6.45, 7) is 2.61. The smallest absolute Gasteiger partial charge is 0.414 e. The number of nitrogens with two attached hydrogens (primary N) is 1. The van der Waals surface area contributed by atoms with Gasteiger partial charge < -0.3 is 15.8 Å². The van der Waals surface area contributed by atoms with E-state index in [1.807, 2.05) is 0 Å². The molecule has 0 saturated carbocycles. The monoisotopic (exact) mass is 336 g/mol. The standard InChI is InChI=1S/C17H22FN3O3/c18-15-11-13(1-2-14(15)12-3-6-20-7-4-12)21(8-5-16(19)22)9-10-24-17(21)23/h1-2,11-12,20H,3-10H2,(H-,19,22)/p+1. The Hall–Kier alpha value is -1.99. The van der Waals surface area contributed by atoms with E-state index >= 15 is 0 Å². The van der Waals surface area contributed by atoms with Gasteiger partial charge in [0.2, 0.25) is 5.91 Å². The van der Waals surface area contributed by atoms with Gasteiger partial charge in [-0.1, -0.05) is 0 Å². The molecule has 24 heavy (non-hydrogen) atoms. The largest absolute Gasteiger partial charge is 0.521 e. The zero-order chi connectivity index (χ0) is 17.2. The number of carbonyl (C=O) groups is 2. The van der Waals surface area contributed by atoms with E-state index < -0.39 is 12.0 Å². The molecule has 2 fully saturated rings. The Balaban J connectivity index is 1.89. The van der Waals surface area contributed by atoms with Crippen LogP contribution in [0, 0.1) is 5.82 Å². The summed E-state index contributed by atoms with van der Waals surface area (Å²) in [4.78, 5) is 23.4. The maximum absolute atomic E-state index is 14.7. The number of nitrogens with one attached hydrogen (secondary N) is 1. The van der Waals surface area contributed by atoms with Crippen molar-refractivity contribution in [1.29, 1.82) is 0 Å². The quantitative estimate of drug-likeness (QED) is 0.801. The fraction of sp³-hybridized carbons (Fsp3) is 0.529. The van der Waals surface area contributed by atoms with Crippen LogP contribution >= 0.6 is 0 Å². The number of carbonyl (C=O) groups excluding carboxylic acids is 2. The van der Waals surface area contributed by atoms with Crippen LogP contribution in [-0.2, 0) is 9.53 Å². The number of ether oxygens (including phenoxy) is 1. The molecule has 2 aliphatic rings. The van der Waals surface area contributed by atoms with Crippen molar-refractivity contribution < 1.29 is 18.7 Å². The molecule has 1 unspecified atom stereocenters. The van der Waals surface area contributed by atoms with Crippen LogP contribution in [0.5, 0.6) is 0 Å². The number of amides is 2. The number of rotatable bonds is 5. The predicted molar refractivity (Wildman–Crippen MR) is 87.9 cm³/mol. The number of quaternary nitrogens is 1. The van der Waals surface area contributed by atoms with Crippen molar-refractivity contribution in [2.75, 3.05) is 32.8 Å². The zero-order valence-electron chi connectivity index (χ0n) is 13.6. The van der Waals surface area contributed by atoms with Crippen molar-refractivity contribution in [1.82, 2.24) is 9.80 Å². The van der Waals surface area contributed by atoms with Crippen molar-refractivity contribution in [3.8, 4) is 0 Å². The lowest BCUT2D eigenvalue weighted by atomic mass is 9.89.